The fourth-order valence-electron chi connectivity index (χ4n) is 3.44. The van der Waals surface area contributed by atoms with Crippen LogP contribution in [0.25, 0.3) is 21.8 Å². The van der Waals surface area contributed by atoms with E-state index in [2.05, 4.69) is 31.9 Å². The quantitative estimate of drug-likeness (QED) is 0.472. The van der Waals surface area contributed by atoms with Crippen LogP contribution in [0.4, 0.5) is 0 Å². The van der Waals surface area contributed by atoms with Gasteiger partial charge in [-0.15, -0.1) is 11.3 Å². The molecule has 1 N–H and O–H groups in total. The van der Waals surface area contributed by atoms with E-state index >= 15 is 0 Å². The molecule has 0 saturated carbocycles. The average Bonchev–Trinajstić information content (AvgIpc) is 3.47. The summed E-state index contributed by atoms with van der Waals surface area (Å²) < 4.78 is 3.81. The molecule has 0 spiro atoms. The first-order chi connectivity index (χ1) is 14.6. The van der Waals surface area contributed by atoms with Crippen molar-refractivity contribution in [3.8, 4) is 21.8 Å². The lowest BCUT2D eigenvalue weighted by molar-refractivity contribution is -0.121. The highest BCUT2D eigenvalue weighted by Gasteiger charge is 2.16. The summed E-state index contributed by atoms with van der Waals surface area (Å²) in [5, 5.41) is 14.0. The summed E-state index contributed by atoms with van der Waals surface area (Å²) in [4.78, 5) is 17.9. The van der Waals surface area contributed by atoms with Gasteiger partial charge in [0.1, 0.15) is 0 Å². The van der Waals surface area contributed by atoms with Crippen molar-refractivity contribution >= 4 is 17.2 Å². The van der Waals surface area contributed by atoms with Gasteiger partial charge in [-0.3, -0.25) is 19.1 Å². The lowest BCUT2D eigenvalue weighted by atomic mass is 10.1. The molecule has 4 aromatic heterocycles. The molecule has 0 aliphatic carbocycles. The lowest BCUT2D eigenvalue weighted by Gasteiger charge is -2.10. The molecule has 154 valence electrons. The number of carbonyl (C=O) groups excluding carboxylic acids is 1. The zero-order valence-electron chi connectivity index (χ0n) is 17.1. The van der Waals surface area contributed by atoms with E-state index in [-0.39, 0.29) is 5.91 Å². The van der Waals surface area contributed by atoms with Gasteiger partial charge in [-0.2, -0.15) is 10.2 Å². The number of hydrogen-bond acceptors (Lipinski definition) is 5. The summed E-state index contributed by atoms with van der Waals surface area (Å²) in [5.74, 6) is 0.0114. The molecule has 4 rings (SSSR count). The molecule has 8 heteroatoms. The number of nitrogens with zero attached hydrogens (tertiary/aromatic N) is 5. The largest absolute Gasteiger partial charge is 0.354 e. The van der Waals surface area contributed by atoms with Crippen LogP contribution in [-0.4, -0.2) is 37.0 Å². The van der Waals surface area contributed by atoms with Crippen LogP contribution in [0, 0.1) is 13.8 Å². The van der Waals surface area contributed by atoms with Crippen molar-refractivity contribution in [2.24, 2.45) is 0 Å². The summed E-state index contributed by atoms with van der Waals surface area (Å²) in [5.41, 5.74) is 4.95. The molecule has 30 heavy (non-hydrogen) atoms. The van der Waals surface area contributed by atoms with Gasteiger partial charge in [0, 0.05) is 37.0 Å². The van der Waals surface area contributed by atoms with Crippen LogP contribution in [-0.2, 0) is 17.9 Å². The molecule has 0 atom stereocenters. The van der Waals surface area contributed by atoms with Gasteiger partial charge >= 0.3 is 0 Å². The summed E-state index contributed by atoms with van der Waals surface area (Å²) in [6.45, 7) is 5.64. The van der Waals surface area contributed by atoms with Gasteiger partial charge in [-0.05, 0) is 43.5 Å². The molecule has 0 unspecified atom stereocenters. The number of aromatic nitrogens is 5. The normalized spacial score (nSPS) is 11.0. The molecule has 0 aromatic carbocycles. The van der Waals surface area contributed by atoms with Crippen LogP contribution in [0.2, 0.25) is 0 Å². The minimum absolute atomic E-state index is 0.0114. The van der Waals surface area contributed by atoms with E-state index < -0.39 is 0 Å². The Labute approximate surface area is 179 Å². The summed E-state index contributed by atoms with van der Waals surface area (Å²) in [7, 11) is 0. The zero-order valence-corrected chi connectivity index (χ0v) is 17.9. The Bertz CT molecular complexity index is 1110. The number of hydrogen-bond donors (Lipinski definition) is 1. The lowest BCUT2D eigenvalue weighted by Crippen LogP contribution is -2.28. The molecule has 1 amide bonds. The van der Waals surface area contributed by atoms with Crippen LogP contribution >= 0.6 is 11.3 Å². The van der Waals surface area contributed by atoms with Gasteiger partial charge in [0.2, 0.25) is 5.91 Å². The Balaban J connectivity index is 1.40. The van der Waals surface area contributed by atoms with E-state index in [1.54, 1.807) is 17.5 Å². The number of thiophene rings is 1. The maximum atomic E-state index is 12.3. The van der Waals surface area contributed by atoms with Crippen molar-refractivity contribution in [3.63, 3.8) is 0 Å². The summed E-state index contributed by atoms with van der Waals surface area (Å²) >= 11 is 1.67. The molecular formula is C22H24N6OS. The highest BCUT2D eigenvalue weighted by atomic mass is 32.1. The van der Waals surface area contributed by atoms with E-state index in [0.29, 0.717) is 26.1 Å². The van der Waals surface area contributed by atoms with Crippen molar-refractivity contribution in [1.82, 2.24) is 29.9 Å². The van der Waals surface area contributed by atoms with Crippen LogP contribution in [0.3, 0.4) is 0 Å². The average molecular weight is 421 g/mol. The first-order valence-electron chi connectivity index (χ1n) is 9.90. The second kappa shape index (κ2) is 9.04. The fraction of sp³-hybridized carbons (Fsp3) is 0.273. The van der Waals surface area contributed by atoms with E-state index in [4.69, 9.17) is 0 Å². The minimum atomic E-state index is 0.0114. The summed E-state index contributed by atoms with van der Waals surface area (Å²) in [6, 6.07) is 12.0. The maximum absolute atomic E-state index is 12.3. The molecule has 4 aromatic rings. The molecular weight excluding hydrogens is 396 g/mol. The molecule has 0 aliphatic rings. The standard InChI is InChI=1S/C22H24N6OS/c1-16-14-17(2)27(26-16)11-8-21(29)24-10-12-28-22(20-7-5-13-30-20)18(15-25-28)19-6-3-4-9-23-19/h3-7,9,13-15H,8,10-12H2,1-2H3,(H,24,29). The van der Waals surface area contributed by atoms with Crippen molar-refractivity contribution in [2.45, 2.75) is 33.4 Å². The van der Waals surface area contributed by atoms with Gasteiger partial charge < -0.3 is 5.32 Å². The second-order valence-electron chi connectivity index (χ2n) is 7.07. The van der Waals surface area contributed by atoms with Crippen LogP contribution in [0.15, 0.2) is 54.2 Å². The molecule has 0 bridgehead atoms. The highest BCUT2D eigenvalue weighted by molar-refractivity contribution is 7.13. The zero-order chi connectivity index (χ0) is 20.9. The van der Waals surface area contributed by atoms with Gasteiger partial charge in [-0.25, -0.2) is 0 Å². The Morgan fingerprint density at radius 1 is 1.13 bits per heavy atom. The number of carbonyl (C=O) groups is 1. The SMILES string of the molecule is Cc1cc(C)n(CCC(=O)NCCn2ncc(-c3ccccn3)c2-c2cccs2)n1. The number of pyridine rings is 1. The maximum Gasteiger partial charge on any atom is 0.221 e. The first-order valence-corrected chi connectivity index (χ1v) is 10.8. The fourth-order valence-corrected chi connectivity index (χ4v) is 4.22. The second-order valence-corrected chi connectivity index (χ2v) is 8.02. The number of rotatable bonds is 8. The predicted octanol–water partition coefficient (Wildman–Crippen LogP) is 3.69. The highest BCUT2D eigenvalue weighted by Crippen LogP contribution is 2.33. The molecule has 7 nitrogen and oxygen atoms in total. The molecule has 0 aliphatic heterocycles. The first kappa shape index (κ1) is 20.0. The third-order valence-corrected chi connectivity index (χ3v) is 5.71. The van der Waals surface area contributed by atoms with Gasteiger partial charge in [-0.1, -0.05) is 12.1 Å². The summed E-state index contributed by atoms with van der Waals surface area (Å²) in [6.07, 6.45) is 4.04. The minimum Gasteiger partial charge on any atom is -0.354 e. The Kier molecular flexibility index (Phi) is 6.04. The third kappa shape index (κ3) is 4.49. The Morgan fingerprint density at radius 2 is 2.03 bits per heavy atom. The molecule has 0 saturated heterocycles. The number of amides is 1. The van der Waals surface area contributed by atoms with Gasteiger partial charge in [0.05, 0.1) is 34.7 Å². The molecule has 0 fully saturated rings. The van der Waals surface area contributed by atoms with E-state index in [9.17, 15) is 4.79 Å². The topological polar surface area (TPSA) is 77.6 Å². The van der Waals surface area contributed by atoms with Gasteiger partial charge in [0.15, 0.2) is 0 Å². The van der Waals surface area contributed by atoms with Crippen LogP contribution < -0.4 is 5.32 Å². The molecule has 4 heterocycles. The van der Waals surface area contributed by atoms with Crippen molar-refractivity contribution in [3.05, 3.63) is 65.6 Å². The molecule has 0 radical (unpaired) electrons. The monoisotopic (exact) mass is 420 g/mol. The number of aryl methyl sites for hydroxylation is 3. The third-order valence-electron chi connectivity index (χ3n) is 4.83. The van der Waals surface area contributed by atoms with Crippen LogP contribution in [0.5, 0.6) is 0 Å². The number of nitrogens with one attached hydrogen (secondary N) is 1. The Morgan fingerprint density at radius 3 is 2.73 bits per heavy atom. The van der Waals surface area contributed by atoms with E-state index in [0.717, 1.165) is 33.2 Å². The smallest absolute Gasteiger partial charge is 0.221 e. The van der Waals surface area contributed by atoms with E-state index in [1.807, 2.05) is 59.7 Å². The Hall–Kier alpha value is -3.26. The van der Waals surface area contributed by atoms with E-state index in [1.165, 1.54) is 0 Å². The van der Waals surface area contributed by atoms with Crippen LogP contribution in [0.1, 0.15) is 17.8 Å². The van der Waals surface area contributed by atoms with Crippen molar-refractivity contribution in [1.29, 1.82) is 0 Å². The predicted molar refractivity (Wildman–Crippen MR) is 118 cm³/mol. The van der Waals surface area contributed by atoms with Crippen molar-refractivity contribution < 1.29 is 4.79 Å². The van der Waals surface area contributed by atoms with Crippen molar-refractivity contribution in [2.75, 3.05) is 6.54 Å². The van der Waals surface area contributed by atoms with Gasteiger partial charge in [0.25, 0.3) is 0 Å².